The number of nitro groups is 1. The van der Waals surface area contributed by atoms with Crippen LogP contribution in [0, 0.1) is 10.1 Å². The van der Waals surface area contributed by atoms with Crippen LogP contribution in [0.5, 0.6) is 0 Å². The zero-order valence-electron chi connectivity index (χ0n) is 9.58. The largest absolute Gasteiger partial charge is 0.450 e. The number of nitrogens with one attached hydrogen (secondary N) is 1. The van der Waals surface area contributed by atoms with E-state index in [4.69, 9.17) is 0 Å². The Morgan fingerprint density at radius 2 is 2.28 bits per heavy atom. The monoisotopic (exact) mass is 253 g/mol. The Kier molecular flexibility index (Phi) is 4.73. The highest BCUT2D eigenvalue weighted by Crippen LogP contribution is 2.14. The number of ether oxygens (including phenoxy) is 1. The Bertz CT molecular complexity index is 474. The second-order valence-corrected chi connectivity index (χ2v) is 3.13. The van der Waals surface area contributed by atoms with Crippen molar-refractivity contribution in [1.29, 1.82) is 0 Å². The van der Waals surface area contributed by atoms with Crippen molar-refractivity contribution in [3.05, 3.63) is 34.1 Å². The lowest BCUT2D eigenvalue weighted by atomic mass is 10.2. The molecule has 1 N–H and O–H groups in total. The van der Waals surface area contributed by atoms with Gasteiger partial charge < -0.3 is 10.1 Å². The number of nitrogens with zero attached hydrogens (tertiary/aromatic N) is 2. The minimum Gasteiger partial charge on any atom is -0.450 e. The van der Waals surface area contributed by atoms with Crippen LogP contribution in [0.15, 0.2) is 18.3 Å². The molecule has 0 saturated carbocycles. The molecule has 0 bridgehead atoms. The van der Waals surface area contributed by atoms with Gasteiger partial charge in [0.1, 0.15) is 0 Å². The van der Waals surface area contributed by atoms with Gasteiger partial charge in [-0.15, -0.1) is 0 Å². The van der Waals surface area contributed by atoms with Crippen LogP contribution in [0.2, 0.25) is 0 Å². The summed E-state index contributed by atoms with van der Waals surface area (Å²) in [5, 5.41) is 12.8. The van der Waals surface area contributed by atoms with Gasteiger partial charge in [0.2, 0.25) is 5.78 Å². The van der Waals surface area contributed by atoms with Gasteiger partial charge in [0.05, 0.1) is 18.1 Å². The second-order valence-electron chi connectivity index (χ2n) is 3.13. The quantitative estimate of drug-likeness (QED) is 0.474. The molecule has 0 aliphatic rings. The fourth-order valence-corrected chi connectivity index (χ4v) is 1.18. The maximum absolute atomic E-state index is 11.6. The van der Waals surface area contributed by atoms with E-state index in [1.165, 1.54) is 18.3 Å². The van der Waals surface area contributed by atoms with Gasteiger partial charge in [-0.2, -0.15) is 0 Å². The lowest BCUT2D eigenvalue weighted by Gasteiger charge is -2.04. The number of carbonyl (C=O) groups is 2. The summed E-state index contributed by atoms with van der Waals surface area (Å²) >= 11 is 0. The van der Waals surface area contributed by atoms with Crippen molar-refractivity contribution < 1.29 is 19.2 Å². The van der Waals surface area contributed by atoms with E-state index in [-0.39, 0.29) is 12.3 Å². The van der Waals surface area contributed by atoms with E-state index in [2.05, 4.69) is 15.0 Å². The summed E-state index contributed by atoms with van der Waals surface area (Å²) in [4.78, 5) is 36.2. The number of hydrogen-bond acceptors (Lipinski definition) is 6. The van der Waals surface area contributed by atoms with E-state index in [9.17, 15) is 19.7 Å². The molecular weight excluding hydrogens is 242 g/mol. The number of aromatic nitrogens is 1. The fourth-order valence-electron chi connectivity index (χ4n) is 1.18. The van der Waals surface area contributed by atoms with E-state index in [1.54, 1.807) is 6.92 Å². The Morgan fingerprint density at radius 1 is 1.56 bits per heavy atom. The number of pyridine rings is 1. The molecule has 8 nitrogen and oxygen atoms in total. The Balaban J connectivity index is 2.73. The Morgan fingerprint density at radius 3 is 2.89 bits per heavy atom. The standard InChI is InChI=1S/C10H11N3O5/c1-2-18-10(15)12-6-8(14)9-7(13(16)17)4-3-5-11-9/h3-5H,2,6H2,1H3,(H,12,15). The molecule has 18 heavy (non-hydrogen) atoms. The zero-order chi connectivity index (χ0) is 13.5. The van der Waals surface area contributed by atoms with Crippen LogP contribution in [0.4, 0.5) is 10.5 Å². The molecule has 1 aromatic rings. The number of ketones is 1. The number of hydrogen-bond donors (Lipinski definition) is 1. The molecule has 0 aromatic carbocycles. The summed E-state index contributed by atoms with van der Waals surface area (Å²) in [6, 6.07) is 2.53. The summed E-state index contributed by atoms with van der Waals surface area (Å²) < 4.78 is 4.55. The molecule has 0 aliphatic carbocycles. The van der Waals surface area contributed by atoms with Crippen molar-refractivity contribution >= 4 is 17.6 Å². The van der Waals surface area contributed by atoms with Crippen LogP contribution in [0.1, 0.15) is 17.4 Å². The summed E-state index contributed by atoms with van der Waals surface area (Å²) in [5.74, 6) is -0.657. The minimum absolute atomic E-state index is 0.170. The second kappa shape index (κ2) is 6.28. The lowest BCUT2D eigenvalue weighted by Crippen LogP contribution is -2.30. The van der Waals surface area contributed by atoms with Crippen LogP contribution >= 0.6 is 0 Å². The maximum Gasteiger partial charge on any atom is 0.407 e. The number of Topliss-reactive ketones (excluding diaryl/α,β-unsaturated/α-hetero) is 1. The zero-order valence-corrected chi connectivity index (χ0v) is 9.58. The molecule has 0 radical (unpaired) electrons. The van der Waals surface area contributed by atoms with Crippen LogP contribution in [0.25, 0.3) is 0 Å². The summed E-state index contributed by atoms with van der Waals surface area (Å²) in [6.07, 6.45) is 0.509. The first kappa shape index (κ1) is 13.6. The Labute approximate surface area is 102 Å². The first-order valence-electron chi connectivity index (χ1n) is 5.09. The van der Waals surface area contributed by atoms with Gasteiger partial charge >= 0.3 is 6.09 Å². The molecule has 0 saturated heterocycles. The first-order valence-corrected chi connectivity index (χ1v) is 5.09. The molecule has 1 amide bonds. The highest BCUT2D eigenvalue weighted by molar-refractivity contribution is 6.00. The SMILES string of the molecule is CCOC(=O)NCC(=O)c1ncccc1[N+](=O)[O-]. The van der Waals surface area contributed by atoms with Crippen LogP contribution < -0.4 is 5.32 Å². The van der Waals surface area contributed by atoms with E-state index in [0.29, 0.717) is 0 Å². The maximum atomic E-state index is 11.6. The topological polar surface area (TPSA) is 111 Å². The number of carbonyl (C=O) groups excluding carboxylic acids is 2. The van der Waals surface area contributed by atoms with Crippen molar-refractivity contribution in [1.82, 2.24) is 10.3 Å². The average Bonchev–Trinajstić information content (AvgIpc) is 2.36. The highest BCUT2D eigenvalue weighted by Gasteiger charge is 2.21. The third-order valence-corrected chi connectivity index (χ3v) is 1.92. The summed E-state index contributed by atoms with van der Waals surface area (Å²) in [6.45, 7) is 1.38. The predicted molar refractivity (Wildman–Crippen MR) is 60.2 cm³/mol. The van der Waals surface area contributed by atoms with Gasteiger partial charge in [-0.25, -0.2) is 9.78 Å². The molecule has 0 atom stereocenters. The third-order valence-electron chi connectivity index (χ3n) is 1.92. The average molecular weight is 253 g/mol. The van der Waals surface area contributed by atoms with Gasteiger partial charge in [0.15, 0.2) is 5.69 Å². The van der Waals surface area contributed by atoms with Crippen LogP contribution in [-0.2, 0) is 4.74 Å². The highest BCUT2D eigenvalue weighted by atomic mass is 16.6. The molecular formula is C10H11N3O5. The molecule has 96 valence electrons. The van der Waals surface area contributed by atoms with Crippen molar-refractivity contribution in [2.24, 2.45) is 0 Å². The van der Waals surface area contributed by atoms with Gasteiger partial charge in [-0.3, -0.25) is 14.9 Å². The predicted octanol–water partition coefficient (Wildman–Crippen LogP) is 0.919. The van der Waals surface area contributed by atoms with E-state index in [0.717, 1.165) is 0 Å². The van der Waals surface area contributed by atoms with E-state index in [1.807, 2.05) is 0 Å². The number of rotatable bonds is 5. The number of alkyl carbamates (subject to hydrolysis) is 1. The van der Waals surface area contributed by atoms with Crippen molar-refractivity contribution in [2.45, 2.75) is 6.92 Å². The normalized spacial score (nSPS) is 9.61. The minimum atomic E-state index is -0.760. The van der Waals surface area contributed by atoms with Crippen molar-refractivity contribution in [3.8, 4) is 0 Å². The fraction of sp³-hybridized carbons (Fsp3) is 0.300. The Hall–Kier alpha value is -2.51. The summed E-state index contributed by atoms with van der Waals surface area (Å²) in [5.41, 5.74) is -0.688. The van der Waals surface area contributed by atoms with Crippen LogP contribution in [0.3, 0.4) is 0 Å². The van der Waals surface area contributed by atoms with E-state index < -0.39 is 29.0 Å². The molecule has 1 heterocycles. The smallest absolute Gasteiger partial charge is 0.407 e. The third kappa shape index (κ3) is 3.51. The van der Waals surface area contributed by atoms with Crippen LogP contribution in [-0.4, -0.2) is 34.9 Å². The molecule has 0 spiro atoms. The van der Waals surface area contributed by atoms with Crippen molar-refractivity contribution in [2.75, 3.05) is 13.2 Å². The van der Waals surface area contributed by atoms with Gasteiger partial charge in [0.25, 0.3) is 5.69 Å². The molecule has 0 unspecified atom stereocenters. The molecule has 1 aromatic heterocycles. The first-order chi connectivity index (χ1) is 8.56. The molecule has 1 rings (SSSR count). The lowest BCUT2D eigenvalue weighted by molar-refractivity contribution is -0.385. The molecule has 8 heteroatoms. The van der Waals surface area contributed by atoms with Gasteiger partial charge in [-0.05, 0) is 13.0 Å². The van der Waals surface area contributed by atoms with Gasteiger partial charge in [-0.1, -0.05) is 0 Å². The number of amides is 1. The summed E-state index contributed by atoms with van der Waals surface area (Å²) in [7, 11) is 0. The molecule has 0 aliphatic heterocycles. The van der Waals surface area contributed by atoms with E-state index >= 15 is 0 Å². The molecule has 0 fully saturated rings. The van der Waals surface area contributed by atoms with Crippen molar-refractivity contribution in [3.63, 3.8) is 0 Å². The van der Waals surface area contributed by atoms with Gasteiger partial charge in [0, 0.05) is 12.3 Å².